The zero-order chi connectivity index (χ0) is 15.0. The molecule has 110 valence electrons. The van der Waals surface area contributed by atoms with Gasteiger partial charge in [-0.2, -0.15) is 0 Å². The van der Waals surface area contributed by atoms with Gasteiger partial charge in [0.2, 0.25) is 0 Å². The summed E-state index contributed by atoms with van der Waals surface area (Å²) in [5.41, 5.74) is 1.23. The first-order valence-corrected chi connectivity index (χ1v) is 7.51. The van der Waals surface area contributed by atoms with Crippen LogP contribution in [0.1, 0.15) is 12.8 Å². The van der Waals surface area contributed by atoms with E-state index in [1.165, 1.54) is 6.20 Å². The summed E-state index contributed by atoms with van der Waals surface area (Å²) in [7, 11) is 0. The lowest BCUT2D eigenvalue weighted by Gasteiger charge is -2.32. The van der Waals surface area contributed by atoms with E-state index in [-0.39, 0.29) is 5.69 Å². The number of pyridine rings is 1. The van der Waals surface area contributed by atoms with Crippen molar-refractivity contribution >= 4 is 38.2 Å². The van der Waals surface area contributed by atoms with Gasteiger partial charge in [-0.3, -0.25) is 10.1 Å². The van der Waals surface area contributed by atoms with Crippen LogP contribution in [0.2, 0.25) is 0 Å². The van der Waals surface area contributed by atoms with Crippen LogP contribution >= 0.6 is 15.9 Å². The number of hydrogen-bond acceptors (Lipinski definition) is 5. The number of nitro groups is 1. The maximum Gasteiger partial charge on any atom is 0.311 e. The van der Waals surface area contributed by atoms with E-state index in [1.807, 2.05) is 23.1 Å². The first kappa shape index (κ1) is 14.2. The highest BCUT2D eigenvalue weighted by molar-refractivity contribution is 9.10. The number of fused-ring (bicyclic) bond motifs is 1. The molecule has 0 aliphatic carbocycles. The molecule has 0 saturated carbocycles. The average molecular weight is 352 g/mol. The van der Waals surface area contributed by atoms with E-state index >= 15 is 0 Å². The molecule has 21 heavy (non-hydrogen) atoms. The van der Waals surface area contributed by atoms with Crippen LogP contribution in [0.5, 0.6) is 0 Å². The molecule has 6 nitrogen and oxygen atoms in total. The largest absolute Gasteiger partial charge is 0.391 e. The standard InChI is InChI=1S/C14H14BrN3O3/c15-9-3-4-12-11(6-9)14(13(7-16-12)18(20)21)17-5-1-2-10(19)8-17/h3-4,6-7,10,19H,1-2,5,8H2. The minimum atomic E-state index is -0.450. The van der Waals surface area contributed by atoms with Gasteiger partial charge < -0.3 is 10.0 Å². The fourth-order valence-corrected chi connectivity index (χ4v) is 3.13. The Hall–Kier alpha value is -1.73. The molecule has 0 radical (unpaired) electrons. The van der Waals surface area contributed by atoms with E-state index in [1.54, 1.807) is 0 Å². The third-order valence-corrected chi connectivity index (χ3v) is 4.18. The minimum absolute atomic E-state index is 0.0188. The SMILES string of the molecule is O=[N+]([O-])c1cnc2ccc(Br)cc2c1N1CCCC(O)C1. The first-order chi connectivity index (χ1) is 10.1. The Bertz CT molecular complexity index is 707. The molecular formula is C14H14BrN3O3. The van der Waals surface area contributed by atoms with Crippen LogP contribution in [0.3, 0.4) is 0 Å². The van der Waals surface area contributed by atoms with Crippen LogP contribution in [-0.4, -0.2) is 34.2 Å². The maximum atomic E-state index is 11.3. The first-order valence-electron chi connectivity index (χ1n) is 6.72. The lowest BCUT2D eigenvalue weighted by atomic mass is 10.1. The molecule has 1 N–H and O–H groups in total. The van der Waals surface area contributed by atoms with Gasteiger partial charge in [-0.25, -0.2) is 4.98 Å². The van der Waals surface area contributed by atoms with E-state index in [9.17, 15) is 15.2 Å². The number of anilines is 1. The third kappa shape index (κ3) is 2.71. The fraction of sp³-hybridized carbons (Fsp3) is 0.357. The van der Waals surface area contributed by atoms with Gasteiger partial charge in [0.05, 0.1) is 16.5 Å². The van der Waals surface area contributed by atoms with Crippen molar-refractivity contribution in [1.29, 1.82) is 0 Å². The van der Waals surface area contributed by atoms with E-state index in [0.717, 1.165) is 22.7 Å². The summed E-state index contributed by atoms with van der Waals surface area (Å²) in [5.74, 6) is 0. The van der Waals surface area contributed by atoms with E-state index < -0.39 is 11.0 Å². The summed E-state index contributed by atoms with van der Waals surface area (Å²) < 4.78 is 0.844. The molecule has 2 aromatic rings. The highest BCUT2D eigenvalue weighted by Crippen LogP contribution is 2.37. The van der Waals surface area contributed by atoms with E-state index in [2.05, 4.69) is 20.9 Å². The Balaban J connectivity index is 2.22. The summed E-state index contributed by atoms with van der Waals surface area (Å²) in [6.45, 7) is 1.11. The molecule has 1 aliphatic rings. The number of halogens is 1. The van der Waals surface area contributed by atoms with E-state index in [0.29, 0.717) is 24.3 Å². The molecular weight excluding hydrogens is 338 g/mol. The molecule has 0 bridgehead atoms. The summed E-state index contributed by atoms with van der Waals surface area (Å²) in [4.78, 5) is 17.0. The zero-order valence-corrected chi connectivity index (χ0v) is 12.8. The number of aliphatic hydroxyl groups is 1. The summed E-state index contributed by atoms with van der Waals surface area (Å²) in [6, 6.07) is 5.52. The third-order valence-electron chi connectivity index (χ3n) is 3.69. The molecule has 3 rings (SSSR count). The smallest absolute Gasteiger partial charge is 0.311 e. The molecule has 0 amide bonds. The molecule has 1 fully saturated rings. The number of rotatable bonds is 2. The number of piperidine rings is 1. The lowest BCUT2D eigenvalue weighted by molar-refractivity contribution is -0.384. The van der Waals surface area contributed by atoms with Gasteiger partial charge in [-0.1, -0.05) is 15.9 Å². The van der Waals surface area contributed by atoms with Gasteiger partial charge in [0.1, 0.15) is 11.9 Å². The van der Waals surface area contributed by atoms with Crippen LogP contribution in [0.4, 0.5) is 11.4 Å². The Labute approximate surface area is 129 Å². The number of nitrogens with zero attached hydrogens (tertiary/aromatic N) is 3. The number of aromatic nitrogens is 1. The second kappa shape index (κ2) is 5.57. The van der Waals surface area contributed by atoms with Crippen molar-refractivity contribution in [2.45, 2.75) is 18.9 Å². The van der Waals surface area contributed by atoms with Gasteiger partial charge in [-0.15, -0.1) is 0 Å². The molecule has 1 aromatic carbocycles. The summed E-state index contributed by atoms with van der Waals surface area (Å²) in [5, 5.41) is 21.9. The second-order valence-electron chi connectivity index (χ2n) is 5.15. The second-order valence-corrected chi connectivity index (χ2v) is 6.07. The molecule has 1 unspecified atom stereocenters. The monoisotopic (exact) mass is 351 g/mol. The average Bonchev–Trinajstić information content (AvgIpc) is 2.45. The fourth-order valence-electron chi connectivity index (χ4n) is 2.76. The van der Waals surface area contributed by atoms with Gasteiger partial charge in [0.25, 0.3) is 0 Å². The van der Waals surface area contributed by atoms with Crippen molar-refractivity contribution in [1.82, 2.24) is 4.98 Å². The van der Waals surface area contributed by atoms with Crippen LogP contribution in [0.25, 0.3) is 10.9 Å². The van der Waals surface area contributed by atoms with Crippen molar-refractivity contribution < 1.29 is 10.0 Å². The number of β-amino-alcohol motifs (C(OH)–C–C–N with tert-alkyl or cyclic N) is 1. The van der Waals surface area contributed by atoms with Crippen LogP contribution in [0.15, 0.2) is 28.9 Å². The van der Waals surface area contributed by atoms with Crippen LogP contribution < -0.4 is 4.90 Å². The summed E-state index contributed by atoms with van der Waals surface area (Å²) in [6.07, 6.45) is 2.40. The predicted molar refractivity (Wildman–Crippen MR) is 83.6 cm³/mol. The van der Waals surface area contributed by atoms with E-state index in [4.69, 9.17) is 0 Å². The van der Waals surface area contributed by atoms with Gasteiger partial charge >= 0.3 is 5.69 Å². The molecule has 1 saturated heterocycles. The topological polar surface area (TPSA) is 79.5 Å². The summed E-state index contributed by atoms with van der Waals surface area (Å²) >= 11 is 3.40. The number of aliphatic hydroxyl groups excluding tert-OH is 1. The number of hydrogen-bond donors (Lipinski definition) is 1. The quantitative estimate of drug-likeness (QED) is 0.664. The molecule has 7 heteroatoms. The van der Waals surface area contributed by atoms with Gasteiger partial charge in [0.15, 0.2) is 0 Å². The highest BCUT2D eigenvalue weighted by atomic mass is 79.9. The number of benzene rings is 1. The van der Waals surface area contributed by atoms with Crippen molar-refractivity contribution in [3.8, 4) is 0 Å². The molecule has 1 aliphatic heterocycles. The minimum Gasteiger partial charge on any atom is -0.391 e. The predicted octanol–water partition coefficient (Wildman–Crippen LogP) is 2.87. The van der Waals surface area contributed by atoms with Crippen LogP contribution in [0, 0.1) is 10.1 Å². The molecule has 2 heterocycles. The van der Waals surface area contributed by atoms with Gasteiger partial charge in [-0.05, 0) is 31.0 Å². The lowest BCUT2D eigenvalue weighted by Crippen LogP contribution is -2.38. The van der Waals surface area contributed by atoms with Crippen molar-refractivity contribution in [2.75, 3.05) is 18.0 Å². The maximum absolute atomic E-state index is 11.3. The van der Waals surface area contributed by atoms with Crippen LogP contribution in [-0.2, 0) is 0 Å². The molecule has 1 aromatic heterocycles. The van der Waals surface area contributed by atoms with Crippen molar-refractivity contribution in [3.05, 3.63) is 39.0 Å². The normalized spacial score (nSPS) is 19.0. The van der Waals surface area contributed by atoms with Crippen molar-refractivity contribution in [3.63, 3.8) is 0 Å². The van der Waals surface area contributed by atoms with Gasteiger partial charge in [0, 0.05) is 22.9 Å². The Morgan fingerprint density at radius 2 is 2.29 bits per heavy atom. The Kier molecular flexibility index (Phi) is 3.77. The Morgan fingerprint density at radius 3 is 3.00 bits per heavy atom. The molecule has 1 atom stereocenters. The Morgan fingerprint density at radius 1 is 1.48 bits per heavy atom. The van der Waals surface area contributed by atoms with Crippen molar-refractivity contribution in [2.24, 2.45) is 0 Å². The highest BCUT2D eigenvalue weighted by Gasteiger charge is 2.27. The molecule has 0 spiro atoms. The zero-order valence-electron chi connectivity index (χ0n) is 11.2.